The van der Waals surface area contributed by atoms with Gasteiger partial charge in [-0.1, -0.05) is 23.7 Å². The van der Waals surface area contributed by atoms with Crippen molar-refractivity contribution in [1.82, 2.24) is 4.90 Å². The number of carbonyl (C=O) groups excluding carboxylic acids is 3. The topological polar surface area (TPSA) is 119 Å². The molecule has 1 heterocycles. The number of benzene rings is 3. The average molecular weight is 452 g/mol. The van der Waals surface area contributed by atoms with Gasteiger partial charge < -0.3 is 10.1 Å². The maximum Gasteiger partial charge on any atom is 0.270 e. The van der Waals surface area contributed by atoms with Gasteiger partial charge in [0.15, 0.2) is 0 Å². The fourth-order valence-corrected chi connectivity index (χ4v) is 3.32. The zero-order valence-corrected chi connectivity index (χ0v) is 17.0. The Kier molecular flexibility index (Phi) is 5.57. The second kappa shape index (κ2) is 8.48. The number of amides is 3. The minimum atomic E-state index is -0.757. The smallest absolute Gasteiger partial charge is 0.270 e. The van der Waals surface area contributed by atoms with Gasteiger partial charge in [0.05, 0.1) is 21.1 Å². The third-order valence-electron chi connectivity index (χ3n) is 4.67. The van der Waals surface area contributed by atoms with Crippen LogP contribution in [0.4, 0.5) is 11.4 Å². The first-order chi connectivity index (χ1) is 15.3. The molecule has 160 valence electrons. The molecule has 3 amide bonds. The molecule has 9 nitrogen and oxygen atoms in total. The van der Waals surface area contributed by atoms with E-state index in [1.54, 1.807) is 48.5 Å². The van der Waals surface area contributed by atoms with Crippen LogP contribution < -0.4 is 10.1 Å². The van der Waals surface area contributed by atoms with E-state index in [9.17, 15) is 24.5 Å². The summed E-state index contributed by atoms with van der Waals surface area (Å²) in [7, 11) is 0. The molecule has 10 heteroatoms. The highest BCUT2D eigenvalue weighted by atomic mass is 35.5. The first-order valence-corrected chi connectivity index (χ1v) is 9.68. The number of rotatable bonds is 6. The quantitative estimate of drug-likeness (QED) is 0.339. The van der Waals surface area contributed by atoms with Gasteiger partial charge in [-0.05, 0) is 42.5 Å². The summed E-state index contributed by atoms with van der Waals surface area (Å²) in [5.74, 6) is -1.06. The Labute approximate surface area is 186 Å². The predicted molar refractivity (Wildman–Crippen MR) is 115 cm³/mol. The lowest BCUT2D eigenvalue weighted by Crippen LogP contribution is -2.37. The van der Waals surface area contributed by atoms with Crippen LogP contribution in [0.25, 0.3) is 0 Å². The van der Waals surface area contributed by atoms with Gasteiger partial charge in [0, 0.05) is 17.8 Å². The number of carbonyl (C=O) groups is 3. The maximum atomic E-state index is 12.5. The summed E-state index contributed by atoms with van der Waals surface area (Å²) in [6, 6.07) is 16.8. The molecule has 0 bridgehead atoms. The van der Waals surface area contributed by atoms with Gasteiger partial charge in [-0.2, -0.15) is 0 Å². The highest BCUT2D eigenvalue weighted by molar-refractivity contribution is 6.32. The third kappa shape index (κ3) is 4.14. The Morgan fingerprint density at radius 1 is 1.00 bits per heavy atom. The fraction of sp³-hybridized carbons (Fsp3) is 0.0455. The van der Waals surface area contributed by atoms with Crippen molar-refractivity contribution in [3.05, 3.63) is 93.0 Å². The van der Waals surface area contributed by atoms with E-state index in [2.05, 4.69) is 5.32 Å². The van der Waals surface area contributed by atoms with E-state index in [1.807, 2.05) is 0 Å². The van der Waals surface area contributed by atoms with Crippen LogP contribution in [0.1, 0.15) is 20.7 Å². The first kappa shape index (κ1) is 21.0. The van der Waals surface area contributed by atoms with Crippen LogP contribution in [-0.4, -0.2) is 34.1 Å². The largest absolute Gasteiger partial charge is 0.456 e. The molecule has 1 N–H and O–H groups in total. The molecule has 3 aromatic rings. The molecule has 32 heavy (non-hydrogen) atoms. The number of fused-ring (bicyclic) bond motifs is 1. The molecule has 0 aromatic heterocycles. The Morgan fingerprint density at radius 3 is 2.38 bits per heavy atom. The molecule has 0 saturated heterocycles. The molecule has 1 aliphatic heterocycles. The SMILES string of the molecule is O=C(CN1C(=O)c2ccc([N+](=O)[O-])cc2C1=O)Nc1ccc(Oc2ccccc2Cl)cc1. The lowest BCUT2D eigenvalue weighted by atomic mass is 10.1. The molecule has 0 atom stereocenters. The number of para-hydroxylation sites is 1. The van der Waals surface area contributed by atoms with Gasteiger partial charge in [0.1, 0.15) is 18.0 Å². The normalized spacial score (nSPS) is 12.5. The van der Waals surface area contributed by atoms with Gasteiger partial charge in [-0.25, -0.2) is 0 Å². The fourth-order valence-electron chi connectivity index (χ4n) is 3.14. The number of anilines is 1. The van der Waals surface area contributed by atoms with E-state index >= 15 is 0 Å². The second-order valence-electron chi connectivity index (χ2n) is 6.79. The standard InChI is InChI=1S/C22H14ClN3O6/c23-18-3-1-2-4-19(18)32-15-8-5-13(6-9-15)24-20(27)12-25-21(28)16-10-7-14(26(30)31)11-17(16)22(25)29/h1-11H,12H2,(H,24,27). The van der Waals surface area contributed by atoms with Crippen molar-refractivity contribution in [3.63, 3.8) is 0 Å². The molecule has 4 rings (SSSR count). The summed E-state index contributed by atoms with van der Waals surface area (Å²) < 4.78 is 5.68. The van der Waals surface area contributed by atoms with Crippen molar-refractivity contribution < 1.29 is 24.0 Å². The number of nitro benzene ring substituents is 1. The van der Waals surface area contributed by atoms with Gasteiger partial charge >= 0.3 is 0 Å². The van der Waals surface area contributed by atoms with Crippen LogP contribution in [0, 0.1) is 10.1 Å². The van der Waals surface area contributed by atoms with Crippen LogP contribution in [0.3, 0.4) is 0 Å². The third-order valence-corrected chi connectivity index (χ3v) is 4.98. The molecular formula is C22H14ClN3O6. The Morgan fingerprint density at radius 2 is 1.69 bits per heavy atom. The van der Waals surface area contributed by atoms with Crippen LogP contribution in [0.5, 0.6) is 11.5 Å². The van der Waals surface area contributed by atoms with Gasteiger partial charge in [-0.15, -0.1) is 0 Å². The average Bonchev–Trinajstić information content (AvgIpc) is 3.01. The van der Waals surface area contributed by atoms with Crippen molar-refractivity contribution >= 4 is 40.7 Å². The van der Waals surface area contributed by atoms with Crippen molar-refractivity contribution in [1.29, 1.82) is 0 Å². The molecular weight excluding hydrogens is 438 g/mol. The number of ether oxygens (including phenoxy) is 1. The minimum absolute atomic E-state index is 0.0227. The monoisotopic (exact) mass is 451 g/mol. The van der Waals surface area contributed by atoms with Crippen LogP contribution in [0.2, 0.25) is 5.02 Å². The highest BCUT2D eigenvalue weighted by Gasteiger charge is 2.37. The number of nitrogens with one attached hydrogen (secondary N) is 1. The van der Waals surface area contributed by atoms with E-state index in [0.717, 1.165) is 17.0 Å². The number of non-ortho nitro benzene ring substituents is 1. The molecule has 0 saturated carbocycles. The summed E-state index contributed by atoms with van der Waals surface area (Å²) in [6.07, 6.45) is 0. The number of hydrogen-bond acceptors (Lipinski definition) is 6. The Balaban J connectivity index is 1.40. The van der Waals surface area contributed by atoms with Gasteiger partial charge in [0.25, 0.3) is 17.5 Å². The van der Waals surface area contributed by atoms with Crippen molar-refractivity contribution in [2.75, 3.05) is 11.9 Å². The summed E-state index contributed by atoms with van der Waals surface area (Å²) >= 11 is 6.06. The second-order valence-corrected chi connectivity index (χ2v) is 7.20. The molecule has 0 unspecified atom stereocenters. The van der Waals surface area contributed by atoms with Crippen molar-refractivity contribution in [2.24, 2.45) is 0 Å². The first-order valence-electron chi connectivity index (χ1n) is 9.30. The highest BCUT2D eigenvalue weighted by Crippen LogP contribution is 2.30. The molecule has 0 aliphatic carbocycles. The van der Waals surface area contributed by atoms with Crippen LogP contribution in [-0.2, 0) is 4.79 Å². The van der Waals surface area contributed by atoms with E-state index in [4.69, 9.17) is 16.3 Å². The summed E-state index contributed by atoms with van der Waals surface area (Å²) in [4.78, 5) is 48.3. The van der Waals surface area contributed by atoms with Gasteiger partial charge in [0.2, 0.25) is 5.91 Å². The molecule has 0 fully saturated rings. The number of nitrogens with zero attached hydrogens (tertiary/aromatic N) is 2. The summed E-state index contributed by atoms with van der Waals surface area (Å²) in [6.45, 7) is -0.530. The molecule has 0 spiro atoms. The molecule has 3 aromatic carbocycles. The minimum Gasteiger partial charge on any atom is -0.456 e. The van der Waals surface area contributed by atoms with Crippen molar-refractivity contribution in [2.45, 2.75) is 0 Å². The van der Waals surface area contributed by atoms with E-state index in [0.29, 0.717) is 22.2 Å². The summed E-state index contributed by atoms with van der Waals surface area (Å²) in [5, 5.41) is 14.0. The van der Waals surface area contributed by atoms with Crippen LogP contribution >= 0.6 is 11.6 Å². The van der Waals surface area contributed by atoms with E-state index < -0.39 is 29.2 Å². The maximum absolute atomic E-state index is 12.5. The van der Waals surface area contributed by atoms with Gasteiger partial charge in [-0.3, -0.25) is 29.4 Å². The van der Waals surface area contributed by atoms with Crippen LogP contribution in [0.15, 0.2) is 66.7 Å². The Hall–Kier alpha value is -4.24. The lowest BCUT2D eigenvalue weighted by Gasteiger charge is -2.14. The molecule has 0 radical (unpaired) electrons. The number of halogens is 1. The summed E-state index contributed by atoms with van der Waals surface area (Å²) in [5.41, 5.74) is 0.0385. The van der Waals surface area contributed by atoms with E-state index in [1.165, 1.54) is 6.07 Å². The zero-order valence-electron chi connectivity index (χ0n) is 16.3. The number of imide groups is 1. The number of nitro groups is 1. The predicted octanol–water partition coefficient (Wildman–Crippen LogP) is 4.28. The number of hydrogen-bond donors (Lipinski definition) is 1. The Bertz CT molecular complexity index is 1260. The molecule has 1 aliphatic rings. The zero-order chi connectivity index (χ0) is 22.8. The van der Waals surface area contributed by atoms with E-state index in [-0.39, 0.29) is 16.8 Å². The van der Waals surface area contributed by atoms with Crippen molar-refractivity contribution in [3.8, 4) is 11.5 Å². The lowest BCUT2D eigenvalue weighted by molar-refractivity contribution is -0.384.